The molecule has 0 aliphatic carbocycles. The zero-order valence-corrected chi connectivity index (χ0v) is 13.1. The lowest BCUT2D eigenvalue weighted by molar-refractivity contribution is -0.127. The monoisotopic (exact) mass is 294 g/mol. The van der Waals surface area contributed by atoms with E-state index in [4.69, 9.17) is 0 Å². The van der Waals surface area contributed by atoms with Crippen molar-refractivity contribution in [3.05, 3.63) is 22.4 Å². The molecular formula is C15H22N2O2S. The standard InChI is InChI=1S/C15H22N2O2S/c1-15(2,3)16-13(18)11-6-4-8-17(10-11)14(19)12-7-5-9-20-12/h5,7,9,11H,4,6,8,10H2,1-3H3,(H,16,18). The highest BCUT2D eigenvalue weighted by molar-refractivity contribution is 7.12. The topological polar surface area (TPSA) is 49.4 Å². The number of nitrogens with zero attached hydrogens (tertiary/aromatic N) is 1. The second-order valence-corrected chi connectivity index (χ2v) is 7.25. The van der Waals surface area contributed by atoms with Crippen molar-refractivity contribution < 1.29 is 9.59 Å². The van der Waals surface area contributed by atoms with Gasteiger partial charge in [0, 0.05) is 18.6 Å². The van der Waals surface area contributed by atoms with Crippen LogP contribution in [0.1, 0.15) is 43.3 Å². The zero-order valence-electron chi connectivity index (χ0n) is 12.3. The van der Waals surface area contributed by atoms with E-state index >= 15 is 0 Å². The fourth-order valence-electron chi connectivity index (χ4n) is 2.40. The quantitative estimate of drug-likeness (QED) is 0.911. The number of likely N-dealkylation sites (tertiary alicyclic amines) is 1. The van der Waals surface area contributed by atoms with Gasteiger partial charge in [-0.2, -0.15) is 0 Å². The maximum atomic E-state index is 12.3. The van der Waals surface area contributed by atoms with Crippen molar-refractivity contribution in [3.8, 4) is 0 Å². The van der Waals surface area contributed by atoms with E-state index in [0.717, 1.165) is 24.3 Å². The molecule has 0 saturated carbocycles. The number of amides is 2. The zero-order chi connectivity index (χ0) is 14.8. The normalized spacial score (nSPS) is 19.8. The van der Waals surface area contributed by atoms with Crippen LogP contribution in [-0.4, -0.2) is 35.3 Å². The molecule has 1 saturated heterocycles. The van der Waals surface area contributed by atoms with Crippen LogP contribution < -0.4 is 5.32 Å². The Bertz CT molecular complexity index is 477. The van der Waals surface area contributed by atoms with Gasteiger partial charge in [0.25, 0.3) is 5.91 Å². The van der Waals surface area contributed by atoms with Crippen molar-refractivity contribution >= 4 is 23.2 Å². The molecule has 5 heteroatoms. The van der Waals surface area contributed by atoms with Gasteiger partial charge >= 0.3 is 0 Å². The van der Waals surface area contributed by atoms with Crippen molar-refractivity contribution in [2.45, 2.75) is 39.2 Å². The summed E-state index contributed by atoms with van der Waals surface area (Å²) in [5, 5.41) is 4.91. The molecule has 1 aromatic rings. The minimum absolute atomic E-state index is 0.0493. The summed E-state index contributed by atoms with van der Waals surface area (Å²) >= 11 is 1.45. The van der Waals surface area contributed by atoms with Crippen LogP contribution in [0.3, 0.4) is 0 Å². The third-order valence-electron chi connectivity index (χ3n) is 3.31. The number of carbonyl (C=O) groups is 2. The number of hydrogen-bond donors (Lipinski definition) is 1. The third-order valence-corrected chi connectivity index (χ3v) is 4.17. The summed E-state index contributed by atoms with van der Waals surface area (Å²) in [5.74, 6) is 0.0151. The summed E-state index contributed by atoms with van der Waals surface area (Å²) in [4.78, 5) is 27.1. The van der Waals surface area contributed by atoms with Crippen molar-refractivity contribution in [2.24, 2.45) is 5.92 Å². The SMILES string of the molecule is CC(C)(C)NC(=O)C1CCCN(C(=O)c2cccs2)C1. The number of nitrogens with one attached hydrogen (secondary N) is 1. The Hall–Kier alpha value is -1.36. The number of thiophene rings is 1. The maximum Gasteiger partial charge on any atom is 0.263 e. The molecule has 2 rings (SSSR count). The predicted molar refractivity (Wildman–Crippen MR) is 80.8 cm³/mol. The van der Waals surface area contributed by atoms with Gasteiger partial charge < -0.3 is 10.2 Å². The first-order valence-electron chi connectivity index (χ1n) is 7.01. The molecule has 0 aromatic carbocycles. The van der Waals surface area contributed by atoms with Crippen LogP contribution in [0.4, 0.5) is 0 Å². The number of hydrogen-bond acceptors (Lipinski definition) is 3. The molecular weight excluding hydrogens is 272 g/mol. The smallest absolute Gasteiger partial charge is 0.263 e. The van der Waals surface area contributed by atoms with Crippen molar-refractivity contribution in [1.82, 2.24) is 10.2 Å². The molecule has 0 radical (unpaired) electrons. The van der Waals surface area contributed by atoms with Gasteiger partial charge in [0.2, 0.25) is 5.91 Å². The van der Waals surface area contributed by atoms with Crippen molar-refractivity contribution in [1.29, 1.82) is 0 Å². The van der Waals surface area contributed by atoms with Gasteiger partial charge in [-0.15, -0.1) is 11.3 Å². The van der Waals surface area contributed by atoms with Gasteiger partial charge in [0.1, 0.15) is 0 Å². The average molecular weight is 294 g/mol. The molecule has 4 nitrogen and oxygen atoms in total. The lowest BCUT2D eigenvalue weighted by Gasteiger charge is -2.33. The molecule has 2 amide bonds. The molecule has 1 aliphatic rings. The summed E-state index contributed by atoms with van der Waals surface area (Å²) in [5.41, 5.74) is -0.225. The fraction of sp³-hybridized carbons (Fsp3) is 0.600. The Kier molecular flexibility index (Phi) is 4.48. The lowest BCUT2D eigenvalue weighted by Crippen LogP contribution is -2.49. The molecule has 1 unspecified atom stereocenters. The Morgan fingerprint density at radius 2 is 2.15 bits per heavy atom. The molecule has 20 heavy (non-hydrogen) atoms. The third kappa shape index (κ3) is 3.82. The van der Waals surface area contributed by atoms with Crippen LogP contribution >= 0.6 is 11.3 Å². The van der Waals surface area contributed by atoms with Crippen LogP contribution in [0.25, 0.3) is 0 Å². The van der Waals surface area contributed by atoms with Gasteiger partial charge in [-0.25, -0.2) is 0 Å². The van der Waals surface area contributed by atoms with Gasteiger partial charge in [0.15, 0.2) is 0 Å². The van der Waals surface area contributed by atoms with E-state index in [0.29, 0.717) is 6.54 Å². The minimum atomic E-state index is -0.225. The molecule has 1 N–H and O–H groups in total. The van der Waals surface area contributed by atoms with E-state index in [9.17, 15) is 9.59 Å². The second-order valence-electron chi connectivity index (χ2n) is 6.31. The minimum Gasteiger partial charge on any atom is -0.351 e. The summed E-state index contributed by atoms with van der Waals surface area (Å²) in [6, 6.07) is 3.72. The Morgan fingerprint density at radius 3 is 2.75 bits per heavy atom. The van der Waals surface area contributed by atoms with Crippen LogP contribution in [0.15, 0.2) is 17.5 Å². The Morgan fingerprint density at radius 1 is 1.40 bits per heavy atom. The van der Waals surface area contributed by atoms with E-state index < -0.39 is 0 Å². The van der Waals surface area contributed by atoms with Crippen LogP contribution in [0, 0.1) is 5.92 Å². The van der Waals surface area contributed by atoms with Gasteiger partial charge in [-0.3, -0.25) is 9.59 Å². The molecule has 1 atom stereocenters. The van der Waals surface area contributed by atoms with Crippen LogP contribution in [0.2, 0.25) is 0 Å². The van der Waals surface area contributed by atoms with Crippen molar-refractivity contribution in [2.75, 3.05) is 13.1 Å². The second kappa shape index (κ2) is 5.95. The Balaban J connectivity index is 1.98. The highest BCUT2D eigenvalue weighted by Gasteiger charge is 2.30. The molecule has 2 heterocycles. The van der Waals surface area contributed by atoms with E-state index in [1.165, 1.54) is 11.3 Å². The van der Waals surface area contributed by atoms with Crippen molar-refractivity contribution in [3.63, 3.8) is 0 Å². The maximum absolute atomic E-state index is 12.3. The summed E-state index contributed by atoms with van der Waals surface area (Å²) in [6.45, 7) is 7.20. The molecule has 1 aromatic heterocycles. The molecule has 1 fully saturated rings. The average Bonchev–Trinajstić information content (AvgIpc) is 2.90. The lowest BCUT2D eigenvalue weighted by atomic mass is 9.95. The van der Waals surface area contributed by atoms with E-state index in [1.54, 1.807) is 0 Å². The Labute approximate surface area is 124 Å². The first-order chi connectivity index (χ1) is 9.37. The molecule has 1 aliphatic heterocycles. The van der Waals surface area contributed by atoms with E-state index in [-0.39, 0.29) is 23.3 Å². The molecule has 0 spiro atoms. The number of carbonyl (C=O) groups excluding carboxylic acids is 2. The van der Waals surface area contributed by atoms with Gasteiger partial charge in [-0.05, 0) is 45.1 Å². The summed E-state index contributed by atoms with van der Waals surface area (Å²) < 4.78 is 0. The molecule has 110 valence electrons. The van der Waals surface area contributed by atoms with Crippen LogP contribution in [0.5, 0.6) is 0 Å². The highest BCUT2D eigenvalue weighted by atomic mass is 32.1. The molecule has 0 bridgehead atoms. The summed E-state index contributed by atoms with van der Waals surface area (Å²) in [6.07, 6.45) is 1.75. The highest BCUT2D eigenvalue weighted by Crippen LogP contribution is 2.21. The largest absolute Gasteiger partial charge is 0.351 e. The number of rotatable bonds is 2. The summed E-state index contributed by atoms with van der Waals surface area (Å²) in [7, 11) is 0. The first kappa shape index (κ1) is 15.0. The van der Waals surface area contributed by atoms with E-state index in [1.807, 2.05) is 43.2 Å². The number of piperidine rings is 1. The predicted octanol–water partition coefficient (Wildman–Crippen LogP) is 2.52. The van der Waals surface area contributed by atoms with Gasteiger partial charge in [-0.1, -0.05) is 6.07 Å². The van der Waals surface area contributed by atoms with E-state index in [2.05, 4.69) is 5.32 Å². The van der Waals surface area contributed by atoms with Gasteiger partial charge in [0.05, 0.1) is 10.8 Å². The van der Waals surface area contributed by atoms with Crippen LogP contribution in [-0.2, 0) is 4.79 Å². The fourth-order valence-corrected chi connectivity index (χ4v) is 3.09. The first-order valence-corrected chi connectivity index (χ1v) is 7.89.